The highest BCUT2D eigenvalue weighted by atomic mass is 127. The fraction of sp³-hybridized carbons (Fsp3) is 0.462. The average molecular weight is 328 g/mol. The van der Waals surface area contributed by atoms with Gasteiger partial charge in [0, 0.05) is 15.5 Å². The Kier molecular flexibility index (Phi) is 3.84. The summed E-state index contributed by atoms with van der Waals surface area (Å²) in [4.78, 5) is 0. The van der Waals surface area contributed by atoms with Gasteiger partial charge in [-0.05, 0) is 53.5 Å². The van der Waals surface area contributed by atoms with E-state index in [2.05, 4.69) is 64.4 Å². The first-order valence-electron chi connectivity index (χ1n) is 5.78. The van der Waals surface area contributed by atoms with E-state index < -0.39 is 0 Å². The predicted octanol–water partition coefficient (Wildman–Crippen LogP) is 4.08. The first kappa shape index (κ1) is 11.9. The quantitative estimate of drug-likeness (QED) is 0.774. The van der Waals surface area contributed by atoms with E-state index >= 15 is 0 Å². The van der Waals surface area contributed by atoms with Crippen molar-refractivity contribution in [3.8, 4) is 0 Å². The zero-order chi connectivity index (χ0) is 11.5. The molecule has 2 aromatic rings. The van der Waals surface area contributed by atoms with Gasteiger partial charge in [-0.2, -0.15) is 5.10 Å². The van der Waals surface area contributed by atoms with Crippen molar-refractivity contribution in [2.75, 3.05) is 0 Å². The van der Waals surface area contributed by atoms with E-state index in [1.54, 1.807) is 0 Å². The van der Waals surface area contributed by atoms with Crippen LogP contribution in [-0.4, -0.2) is 9.78 Å². The molecule has 0 amide bonds. The van der Waals surface area contributed by atoms with Crippen LogP contribution in [0.25, 0.3) is 10.9 Å². The molecule has 0 atom stereocenters. The van der Waals surface area contributed by atoms with Crippen molar-refractivity contribution < 1.29 is 0 Å². The lowest BCUT2D eigenvalue weighted by atomic mass is 10.1. The lowest BCUT2D eigenvalue weighted by Gasteiger charge is -2.06. The summed E-state index contributed by atoms with van der Waals surface area (Å²) in [5.74, 6) is 0.780. The molecule has 1 heterocycles. The number of rotatable bonds is 4. The highest BCUT2D eigenvalue weighted by molar-refractivity contribution is 14.1. The third-order valence-electron chi connectivity index (χ3n) is 2.76. The van der Waals surface area contributed by atoms with Gasteiger partial charge < -0.3 is 0 Å². The minimum atomic E-state index is 0.780. The molecule has 0 unspecified atom stereocenters. The van der Waals surface area contributed by atoms with Crippen LogP contribution in [0.4, 0.5) is 0 Å². The number of nitrogens with zero attached hydrogens (tertiary/aromatic N) is 2. The minimum Gasteiger partial charge on any atom is -0.265 e. The van der Waals surface area contributed by atoms with Crippen LogP contribution in [0.15, 0.2) is 24.4 Å². The Morgan fingerprint density at radius 1 is 1.38 bits per heavy atom. The maximum absolute atomic E-state index is 4.45. The molecule has 86 valence electrons. The van der Waals surface area contributed by atoms with Gasteiger partial charge in [0.2, 0.25) is 0 Å². The van der Waals surface area contributed by atoms with Gasteiger partial charge in [-0.1, -0.05) is 19.9 Å². The summed E-state index contributed by atoms with van der Waals surface area (Å²) >= 11 is 2.35. The fourth-order valence-electron chi connectivity index (χ4n) is 1.87. The van der Waals surface area contributed by atoms with Crippen LogP contribution >= 0.6 is 22.6 Å². The molecule has 0 bridgehead atoms. The molecule has 1 aromatic carbocycles. The van der Waals surface area contributed by atoms with Crippen LogP contribution in [0, 0.1) is 9.49 Å². The van der Waals surface area contributed by atoms with Crippen molar-refractivity contribution in [1.82, 2.24) is 9.78 Å². The summed E-state index contributed by atoms with van der Waals surface area (Å²) in [5, 5.41) is 5.69. The van der Waals surface area contributed by atoms with E-state index in [0.29, 0.717) is 0 Å². The molecule has 16 heavy (non-hydrogen) atoms. The predicted molar refractivity (Wildman–Crippen MR) is 76.5 cm³/mol. The van der Waals surface area contributed by atoms with Gasteiger partial charge >= 0.3 is 0 Å². The molecule has 0 saturated carbocycles. The number of aryl methyl sites for hydroxylation is 1. The van der Waals surface area contributed by atoms with Gasteiger partial charge in [-0.3, -0.25) is 4.68 Å². The number of halogens is 1. The number of aromatic nitrogens is 2. The molecule has 0 N–H and O–H groups in total. The first-order valence-corrected chi connectivity index (χ1v) is 6.86. The maximum Gasteiger partial charge on any atom is 0.0692 e. The molecule has 2 rings (SSSR count). The van der Waals surface area contributed by atoms with Crippen molar-refractivity contribution >= 4 is 33.5 Å². The van der Waals surface area contributed by atoms with Crippen LogP contribution in [0.1, 0.15) is 26.7 Å². The summed E-state index contributed by atoms with van der Waals surface area (Å²) in [7, 11) is 0. The number of fused-ring (bicyclic) bond motifs is 1. The molecule has 0 aliphatic rings. The van der Waals surface area contributed by atoms with Crippen LogP contribution in [0.3, 0.4) is 0 Å². The Bertz CT molecular complexity index is 474. The highest BCUT2D eigenvalue weighted by Gasteiger charge is 2.03. The zero-order valence-corrected chi connectivity index (χ0v) is 11.9. The van der Waals surface area contributed by atoms with Crippen molar-refractivity contribution in [2.45, 2.75) is 33.2 Å². The van der Waals surface area contributed by atoms with Gasteiger partial charge in [0.1, 0.15) is 0 Å². The second kappa shape index (κ2) is 5.17. The highest BCUT2D eigenvalue weighted by Crippen LogP contribution is 2.18. The third kappa shape index (κ3) is 2.75. The molecule has 0 fully saturated rings. The summed E-state index contributed by atoms with van der Waals surface area (Å²) in [6.07, 6.45) is 4.44. The first-order chi connectivity index (χ1) is 7.66. The monoisotopic (exact) mass is 328 g/mol. The minimum absolute atomic E-state index is 0.780. The van der Waals surface area contributed by atoms with Gasteiger partial charge in [0.15, 0.2) is 0 Å². The third-order valence-corrected chi connectivity index (χ3v) is 3.43. The lowest BCUT2D eigenvalue weighted by Crippen LogP contribution is -2.01. The Hall–Kier alpha value is -0.580. The van der Waals surface area contributed by atoms with E-state index in [4.69, 9.17) is 0 Å². The summed E-state index contributed by atoms with van der Waals surface area (Å²) < 4.78 is 3.40. The van der Waals surface area contributed by atoms with Crippen LogP contribution in [-0.2, 0) is 6.54 Å². The summed E-state index contributed by atoms with van der Waals surface area (Å²) in [6.45, 7) is 5.57. The van der Waals surface area contributed by atoms with Gasteiger partial charge in [0.25, 0.3) is 0 Å². The maximum atomic E-state index is 4.45. The van der Waals surface area contributed by atoms with E-state index in [1.165, 1.54) is 27.3 Å². The van der Waals surface area contributed by atoms with Crippen LogP contribution in [0.5, 0.6) is 0 Å². The molecule has 0 radical (unpaired) electrons. The molecule has 2 nitrogen and oxygen atoms in total. The second-order valence-corrected chi connectivity index (χ2v) is 5.85. The van der Waals surface area contributed by atoms with Crippen molar-refractivity contribution in [1.29, 1.82) is 0 Å². The Morgan fingerprint density at radius 3 is 2.94 bits per heavy atom. The van der Waals surface area contributed by atoms with Crippen LogP contribution < -0.4 is 0 Å². The summed E-state index contributed by atoms with van der Waals surface area (Å²) in [5.41, 5.74) is 1.26. The topological polar surface area (TPSA) is 17.8 Å². The molecule has 1 aromatic heterocycles. The normalized spacial score (nSPS) is 11.5. The van der Waals surface area contributed by atoms with Crippen molar-refractivity contribution in [3.05, 3.63) is 28.0 Å². The van der Waals surface area contributed by atoms with E-state index in [1.807, 2.05) is 6.20 Å². The van der Waals surface area contributed by atoms with Gasteiger partial charge in [-0.25, -0.2) is 0 Å². The number of hydrogen-bond donors (Lipinski definition) is 0. The SMILES string of the molecule is CC(C)CCCn1ncc2ccc(I)cc21. The number of benzene rings is 1. The average Bonchev–Trinajstić information content (AvgIpc) is 2.60. The molecular formula is C13H17IN2. The molecule has 0 aliphatic carbocycles. The molecule has 3 heteroatoms. The second-order valence-electron chi connectivity index (χ2n) is 4.61. The van der Waals surface area contributed by atoms with E-state index in [9.17, 15) is 0 Å². The van der Waals surface area contributed by atoms with Crippen molar-refractivity contribution in [2.24, 2.45) is 5.92 Å². The number of hydrogen-bond acceptors (Lipinski definition) is 1. The molecule has 0 spiro atoms. The van der Waals surface area contributed by atoms with Crippen molar-refractivity contribution in [3.63, 3.8) is 0 Å². The Labute approximate surface area is 110 Å². The van der Waals surface area contributed by atoms with E-state index in [-0.39, 0.29) is 0 Å². The molecular weight excluding hydrogens is 311 g/mol. The molecule has 0 aliphatic heterocycles. The smallest absolute Gasteiger partial charge is 0.0692 e. The van der Waals surface area contributed by atoms with Crippen LogP contribution in [0.2, 0.25) is 0 Å². The Balaban J connectivity index is 2.15. The van der Waals surface area contributed by atoms with Gasteiger partial charge in [0.05, 0.1) is 11.7 Å². The fourth-order valence-corrected chi connectivity index (χ4v) is 2.35. The summed E-state index contributed by atoms with van der Waals surface area (Å²) in [6, 6.07) is 6.48. The lowest BCUT2D eigenvalue weighted by molar-refractivity contribution is 0.497. The largest absolute Gasteiger partial charge is 0.265 e. The Morgan fingerprint density at radius 2 is 2.19 bits per heavy atom. The zero-order valence-electron chi connectivity index (χ0n) is 9.78. The standard InChI is InChI=1S/C13H17IN2/c1-10(2)4-3-7-16-13-8-12(14)6-5-11(13)9-15-16/h5-6,8-10H,3-4,7H2,1-2H3. The van der Waals surface area contributed by atoms with E-state index in [0.717, 1.165) is 12.5 Å². The van der Waals surface area contributed by atoms with Gasteiger partial charge in [-0.15, -0.1) is 0 Å². The molecule has 0 saturated heterocycles.